The predicted molar refractivity (Wildman–Crippen MR) is 205 cm³/mol. The van der Waals surface area contributed by atoms with Crippen molar-refractivity contribution in [3.05, 3.63) is 113 Å². The van der Waals surface area contributed by atoms with Crippen LogP contribution in [0.4, 0.5) is 4.79 Å². The van der Waals surface area contributed by atoms with E-state index < -0.39 is 36.0 Å². The van der Waals surface area contributed by atoms with Gasteiger partial charge in [-0.2, -0.15) is 0 Å². The highest BCUT2D eigenvalue weighted by atomic mass is 16.2. The number of aryl methyl sites for hydroxylation is 1. The van der Waals surface area contributed by atoms with Gasteiger partial charge in [-0.25, -0.2) is 4.79 Å². The number of nitrogens with one attached hydrogen (secondary N) is 3. The monoisotopic (exact) mass is 720 g/mol. The molecule has 3 aromatic rings. The molecule has 11 nitrogen and oxygen atoms in total. The van der Waals surface area contributed by atoms with Crippen LogP contribution in [0.1, 0.15) is 72.8 Å². The summed E-state index contributed by atoms with van der Waals surface area (Å²) in [5.41, 5.74) is 17.8. The van der Waals surface area contributed by atoms with Gasteiger partial charge in [-0.15, -0.1) is 0 Å². The van der Waals surface area contributed by atoms with E-state index in [9.17, 15) is 24.0 Å². The number of primary amides is 1. The number of likely N-dealkylation sites (tertiary alicyclic amines) is 1. The molecule has 3 aromatic carbocycles. The Bertz CT molecular complexity index is 1780. The first-order chi connectivity index (χ1) is 25.6. The van der Waals surface area contributed by atoms with Gasteiger partial charge in [0.15, 0.2) is 5.78 Å². The van der Waals surface area contributed by atoms with Crippen molar-refractivity contribution >= 4 is 35.1 Å². The van der Waals surface area contributed by atoms with Gasteiger partial charge in [-0.05, 0) is 79.7 Å². The standard InChI is InChI=1S/C42H52N6O5/c1-28-16-18-30(19-17-28)27-46-39(50)33(13-9-22-45-42(44)53)26-38(49)36(25-32-21-20-31-12-5-6-14-34(31)32)47-40(51)37-15-7-8-23-48(37)41(52)35(43)24-29-10-3-2-4-11-29/h2-6,10-12,14,16-19,21,33,35-37H,7-9,13,15,20,22-27,43H2,1H3,(H,46,50)(H,47,51)(H3,44,45,53)/t33-,35+,36+,37+/m1/s1. The van der Waals surface area contributed by atoms with Crippen molar-refractivity contribution in [1.29, 1.82) is 0 Å². The Morgan fingerprint density at radius 3 is 2.36 bits per heavy atom. The third kappa shape index (κ3) is 11.1. The zero-order valence-electron chi connectivity index (χ0n) is 30.5. The smallest absolute Gasteiger partial charge is 0.312 e. The molecule has 280 valence electrons. The molecule has 1 aliphatic carbocycles. The Hall–Kier alpha value is -5.29. The van der Waals surface area contributed by atoms with Gasteiger partial charge in [0, 0.05) is 38.4 Å². The molecule has 53 heavy (non-hydrogen) atoms. The van der Waals surface area contributed by atoms with Crippen molar-refractivity contribution in [2.75, 3.05) is 13.1 Å². The van der Waals surface area contributed by atoms with Gasteiger partial charge in [-0.3, -0.25) is 19.2 Å². The average Bonchev–Trinajstić information content (AvgIpc) is 3.57. The average molecular weight is 721 g/mol. The number of nitrogens with zero attached hydrogens (tertiary/aromatic N) is 1. The zero-order chi connectivity index (χ0) is 37.7. The Morgan fingerprint density at radius 1 is 0.868 bits per heavy atom. The highest BCUT2D eigenvalue weighted by molar-refractivity contribution is 5.96. The minimum atomic E-state index is -0.937. The summed E-state index contributed by atoms with van der Waals surface area (Å²) < 4.78 is 0. The Morgan fingerprint density at radius 2 is 1.60 bits per heavy atom. The number of hydrogen-bond acceptors (Lipinski definition) is 6. The van der Waals surface area contributed by atoms with Crippen molar-refractivity contribution in [1.82, 2.24) is 20.9 Å². The van der Waals surface area contributed by atoms with E-state index in [4.69, 9.17) is 11.5 Å². The Labute approximate surface area is 311 Å². The van der Waals surface area contributed by atoms with E-state index in [2.05, 4.69) is 22.0 Å². The summed E-state index contributed by atoms with van der Waals surface area (Å²) in [7, 11) is 0. The lowest BCUT2D eigenvalue weighted by molar-refractivity contribution is -0.144. The van der Waals surface area contributed by atoms with Gasteiger partial charge in [0.2, 0.25) is 17.7 Å². The molecule has 5 rings (SSSR count). The second-order valence-corrected chi connectivity index (χ2v) is 14.2. The van der Waals surface area contributed by atoms with Crippen LogP contribution in [-0.4, -0.2) is 65.7 Å². The molecule has 7 N–H and O–H groups in total. The van der Waals surface area contributed by atoms with Gasteiger partial charge in [-0.1, -0.05) is 90.5 Å². The number of nitrogens with two attached hydrogens (primary N) is 2. The number of carbonyl (C=O) groups excluding carboxylic acids is 5. The molecule has 0 bridgehead atoms. The number of hydrogen-bond donors (Lipinski definition) is 5. The number of ketones is 1. The van der Waals surface area contributed by atoms with E-state index in [1.165, 1.54) is 0 Å². The van der Waals surface area contributed by atoms with Gasteiger partial charge < -0.3 is 32.3 Å². The third-order valence-electron chi connectivity index (χ3n) is 10.2. The summed E-state index contributed by atoms with van der Waals surface area (Å²) in [4.78, 5) is 68.7. The van der Waals surface area contributed by atoms with Gasteiger partial charge >= 0.3 is 6.03 Å². The van der Waals surface area contributed by atoms with Crippen molar-refractivity contribution in [2.24, 2.45) is 17.4 Å². The van der Waals surface area contributed by atoms with Crippen molar-refractivity contribution in [3.63, 3.8) is 0 Å². The Balaban J connectivity index is 1.33. The van der Waals surface area contributed by atoms with Gasteiger partial charge in [0.25, 0.3) is 0 Å². The molecular formula is C42H52N6O5. The van der Waals surface area contributed by atoms with E-state index >= 15 is 0 Å². The number of urea groups is 1. The summed E-state index contributed by atoms with van der Waals surface area (Å²) in [5, 5.41) is 8.57. The topological polar surface area (TPSA) is 177 Å². The molecule has 0 radical (unpaired) electrons. The quantitative estimate of drug-likeness (QED) is 0.131. The first-order valence-corrected chi connectivity index (χ1v) is 18.7. The number of fused-ring (bicyclic) bond motifs is 1. The van der Waals surface area contributed by atoms with E-state index in [-0.39, 0.29) is 37.0 Å². The number of Topliss-reactive ketones (excluding diaryl/α,β-unsaturated/α-hetero) is 1. The molecule has 11 heteroatoms. The fraction of sp³-hybridized carbons (Fsp3) is 0.405. The summed E-state index contributed by atoms with van der Waals surface area (Å²) in [6, 6.07) is 22.2. The summed E-state index contributed by atoms with van der Waals surface area (Å²) in [6.07, 6.45) is 6.00. The number of rotatable bonds is 17. The fourth-order valence-electron chi connectivity index (χ4n) is 7.23. The predicted octanol–water partition coefficient (Wildman–Crippen LogP) is 4.10. The first kappa shape index (κ1) is 38.9. The molecule has 1 heterocycles. The van der Waals surface area contributed by atoms with Gasteiger partial charge in [0.1, 0.15) is 6.04 Å². The maximum atomic E-state index is 14.3. The van der Waals surface area contributed by atoms with Crippen molar-refractivity contribution < 1.29 is 24.0 Å². The van der Waals surface area contributed by atoms with Crippen LogP contribution in [0.3, 0.4) is 0 Å². The molecular weight excluding hydrogens is 668 g/mol. The minimum absolute atomic E-state index is 0.120. The maximum absolute atomic E-state index is 14.3. The van der Waals surface area contributed by atoms with E-state index in [1.807, 2.05) is 85.8 Å². The largest absolute Gasteiger partial charge is 0.352 e. The van der Waals surface area contributed by atoms with Crippen LogP contribution in [0, 0.1) is 12.8 Å². The lowest BCUT2D eigenvalue weighted by Gasteiger charge is -2.37. The van der Waals surface area contributed by atoms with Crippen molar-refractivity contribution in [2.45, 2.75) is 89.4 Å². The molecule has 0 saturated carbocycles. The molecule has 0 unspecified atom stereocenters. The number of allylic oxidation sites excluding steroid dienone is 1. The molecule has 1 aliphatic heterocycles. The highest BCUT2D eigenvalue weighted by Gasteiger charge is 2.37. The SMILES string of the molecule is Cc1ccc(CNC(=O)[C@H](CCCNC(N)=O)CC(=O)[C@H](CC2=CCc3ccccc32)NC(=O)[C@@H]2CCCCN2C(=O)[C@@H](N)Cc2ccccc2)cc1. The summed E-state index contributed by atoms with van der Waals surface area (Å²) in [6.45, 7) is 2.95. The van der Waals surface area contributed by atoms with E-state index in [0.29, 0.717) is 38.8 Å². The summed E-state index contributed by atoms with van der Waals surface area (Å²) in [5.74, 6) is -1.97. The number of carbonyl (C=O) groups is 5. The maximum Gasteiger partial charge on any atom is 0.312 e. The first-order valence-electron chi connectivity index (χ1n) is 18.7. The second kappa shape index (κ2) is 19.0. The fourth-order valence-corrected chi connectivity index (χ4v) is 7.23. The van der Waals surface area contributed by atoms with Crippen LogP contribution in [-0.2, 0) is 38.6 Å². The van der Waals surface area contributed by atoms with Crippen molar-refractivity contribution in [3.8, 4) is 0 Å². The molecule has 1 saturated heterocycles. The van der Waals surface area contributed by atoms with Crippen LogP contribution in [0.5, 0.6) is 0 Å². The van der Waals surface area contributed by atoms with Crippen LogP contribution >= 0.6 is 0 Å². The Kier molecular flexibility index (Phi) is 13.9. The molecule has 2 aliphatic rings. The lowest BCUT2D eigenvalue weighted by atomic mass is 9.89. The van der Waals surface area contributed by atoms with E-state index in [0.717, 1.165) is 52.7 Å². The third-order valence-corrected chi connectivity index (χ3v) is 10.2. The van der Waals surface area contributed by atoms with E-state index in [1.54, 1.807) is 4.90 Å². The second-order valence-electron chi connectivity index (χ2n) is 14.2. The minimum Gasteiger partial charge on any atom is -0.352 e. The van der Waals surface area contributed by atoms with Crippen LogP contribution < -0.4 is 27.4 Å². The van der Waals surface area contributed by atoms with Crippen LogP contribution in [0.2, 0.25) is 0 Å². The highest BCUT2D eigenvalue weighted by Crippen LogP contribution is 2.31. The molecule has 1 fully saturated rings. The van der Waals surface area contributed by atoms with Crippen LogP contribution in [0.15, 0.2) is 84.9 Å². The number of amides is 5. The molecule has 4 atom stereocenters. The summed E-state index contributed by atoms with van der Waals surface area (Å²) >= 11 is 0. The normalized spacial score (nSPS) is 16.8. The molecule has 5 amide bonds. The number of benzene rings is 3. The number of piperidine rings is 1. The van der Waals surface area contributed by atoms with Crippen LogP contribution in [0.25, 0.3) is 5.57 Å². The van der Waals surface area contributed by atoms with Gasteiger partial charge in [0.05, 0.1) is 12.1 Å². The molecule has 0 aromatic heterocycles. The molecule has 0 spiro atoms. The zero-order valence-corrected chi connectivity index (χ0v) is 30.5. The lowest BCUT2D eigenvalue weighted by Crippen LogP contribution is -2.58.